The molecule has 0 radical (unpaired) electrons. The molecule has 1 aromatic carbocycles. The lowest BCUT2D eigenvalue weighted by molar-refractivity contribution is 1.06. The second-order valence-corrected chi connectivity index (χ2v) is 2.52. The van der Waals surface area contributed by atoms with Gasteiger partial charge in [0.15, 0.2) is 0 Å². The van der Waals surface area contributed by atoms with Crippen LogP contribution in [-0.2, 0) is 13.0 Å². The largest absolute Gasteiger partial charge is 0.326 e. The van der Waals surface area contributed by atoms with Crippen molar-refractivity contribution in [2.75, 3.05) is 0 Å². The number of benzene rings is 1. The van der Waals surface area contributed by atoms with Crippen molar-refractivity contribution in [3.05, 3.63) is 48.0 Å². The second kappa shape index (κ2) is 3.94. The molecule has 0 unspecified atom stereocenters. The Morgan fingerprint density at radius 3 is 2.73 bits per heavy atom. The first-order chi connectivity index (χ1) is 5.36. The van der Waals surface area contributed by atoms with Crippen molar-refractivity contribution in [2.45, 2.75) is 13.0 Å². The van der Waals surface area contributed by atoms with E-state index in [9.17, 15) is 0 Å². The van der Waals surface area contributed by atoms with Crippen LogP contribution in [0.2, 0.25) is 0 Å². The predicted octanol–water partition coefficient (Wildman–Crippen LogP) is 1.87. The predicted molar refractivity (Wildman–Crippen MR) is 48.2 cm³/mol. The Labute approximate surface area is 67.5 Å². The fourth-order valence-corrected chi connectivity index (χ4v) is 1.05. The first-order valence-corrected chi connectivity index (χ1v) is 3.75. The Bertz CT molecular complexity index is 240. The number of hydrogen-bond acceptors (Lipinski definition) is 1. The monoisotopic (exact) mass is 147 g/mol. The van der Waals surface area contributed by atoms with E-state index >= 15 is 0 Å². The number of rotatable bonds is 3. The number of allylic oxidation sites excluding steroid dienone is 1. The summed E-state index contributed by atoms with van der Waals surface area (Å²) in [4.78, 5) is 0. The molecule has 1 heteroatoms. The first-order valence-electron chi connectivity index (χ1n) is 3.75. The maximum absolute atomic E-state index is 5.49. The molecular formula is C10H13N. The van der Waals surface area contributed by atoms with Crippen LogP contribution in [0.4, 0.5) is 0 Å². The Morgan fingerprint density at radius 2 is 2.09 bits per heavy atom. The van der Waals surface area contributed by atoms with Crippen molar-refractivity contribution in [1.29, 1.82) is 0 Å². The Hall–Kier alpha value is -1.08. The molecule has 0 bridgehead atoms. The van der Waals surface area contributed by atoms with E-state index in [-0.39, 0.29) is 0 Å². The normalized spacial score (nSPS) is 9.55. The minimum absolute atomic E-state index is 0.616. The third-order valence-corrected chi connectivity index (χ3v) is 1.61. The van der Waals surface area contributed by atoms with Gasteiger partial charge in [-0.15, -0.1) is 6.58 Å². The molecule has 0 aliphatic rings. The summed E-state index contributed by atoms with van der Waals surface area (Å²) in [6.07, 6.45) is 2.82. The minimum Gasteiger partial charge on any atom is -0.326 e. The van der Waals surface area contributed by atoms with Crippen molar-refractivity contribution >= 4 is 0 Å². The second-order valence-electron chi connectivity index (χ2n) is 2.52. The lowest BCUT2D eigenvalue weighted by atomic mass is 10.1. The van der Waals surface area contributed by atoms with Crippen LogP contribution in [0.15, 0.2) is 36.9 Å². The van der Waals surface area contributed by atoms with E-state index in [4.69, 9.17) is 5.73 Å². The van der Waals surface area contributed by atoms with Crippen LogP contribution in [-0.4, -0.2) is 0 Å². The number of nitrogens with two attached hydrogens (primary N) is 1. The van der Waals surface area contributed by atoms with Crippen molar-refractivity contribution < 1.29 is 0 Å². The maximum Gasteiger partial charge on any atom is 0.0178 e. The highest BCUT2D eigenvalue weighted by molar-refractivity contribution is 5.24. The maximum atomic E-state index is 5.49. The average molecular weight is 147 g/mol. The standard InChI is InChI=1S/C10H13N/c1-2-4-9-5-3-6-10(7-9)8-11/h2-3,5-7H,1,4,8,11H2. The molecule has 0 aromatic heterocycles. The van der Waals surface area contributed by atoms with Gasteiger partial charge < -0.3 is 5.73 Å². The summed E-state index contributed by atoms with van der Waals surface area (Å²) in [5.41, 5.74) is 7.95. The molecule has 58 valence electrons. The molecule has 0 amide bonds. The lowest BCUT2D eigenvalue weighted by Crippen LogP contribution is -1.96. The molecule has 0 heterocycles. The van der Waals surface area contributed by atoms with Crippen LogP contribution < -0.4 is 5.73 Å². The minimum atomic E-state index is 0.616. The van der Waals surface area contributed by atoms with E-state index in [1.165, 1.54) is 11.1 Å². The van der Waals surface area contributed by atoms with Crippen molar-refractivity contribution in [3.8, 4) is 0 Å². The molecule has 0 atom stereocenters. The molecule has 0 saturated heterocycles. The molecule has 0 saturated carbocycles. The molecule has 0 fully saturated rings. The fourth-order valence-electron chi connectivity index (χ4n) is 1.05. The van der Waals surface area contributed by atoms with E-state index in [2.05, 4.69) is 18.7 Å². The third kappa shape index (κ3) is 2.20. The first kappa shape index (κ1) is 8.02. The summed E-state index contributed by atoms with van der Waals surface area (Å²) in [6.45, 7) is 4.30. The van der Waals surface area contributed by atoms with E-state index in [0.717, 1.165) is 6.42 Å². The van der Waals surface area contributed by atoms with Crippen LogP contribution in [0.3, 0.4) is 0 Å². The Morgan fingerprint density at radius 1 is 1.36 bits per heavy atom. The molecule has 0 aliphatic carbocycles. The summed E-state index contributed by atoms with van der Waals surface area (Å²) < 4.78 is 0. The van der Waals surface area contributed by atoms with Crippen LogP contribution in [0, 0.1) is 0 Å². The van der Waals surface area contributed by atoms with Gasteiger partial charge in [-0.25, -0.2) is 0 Å². The van der Waals surface area contributed by atoms with Gasteiger partial charge in [-0.3, -0.25) is 0 Å². The lowest BCUT2D eigenvalue weighted by Gasteiger charge is -1.99. The molecular weight excluding hydrogens is 134 g/mol. The summed E-state index contributed by atoms with van der Waals surface area (Å²) in [5.74, 6) is 0. The summed E-state index contributed by atoms with van der Waals surface area (Å²) in [6, 6.07) is 8.26. The summed E-state index contributed by atoms with van der Waals surface area (Å²) >= 11 is 0. The van der Waals surface area contributed by atoms with Gasteiger partial charge in [-0.2, -0.15) is 0 Å². The highest BCUT2D eigenvalue weighted by atomic mass is 14.5. The van der Waals surface area contributed by atoms with Gasteiger partial charge in [0.1, 0.15) is 0 Å². The van der Waals surface area contributed by atoms with Gasteiger partial charge in [0.2, 0.25) is 0 Å². The SMILES string of the molecule is C=CCc1cccc(CN)c1. The van der Waals surface area contributed by atoms with Crippen molar-refractivity contribution in [2.24, 2.45) is 5.73 Å². The van der Waals surface area contributed by atoms with E-state index in [1.807, 2.05) is 18.2 Å². The van der Waals surface area contributed by atoms with Crippen molar-refractivity contribution in [1.82, 2.24) is 0 Å². The molecule has 11 heavy (non-hydrogen) atoms. The topological polar surface area (TPSA) is 26.0 Å². The highest BCUT2D eigenvalue weighted by Crippen LogP contribution is 2.05. The third-order valence-electron chi connectivity index (χ3n) is 1.61. The number of hydrogen-bond donors (Lipinski definition) is 1. The molecule has 2 N–H and O–H groups in total. The van der Waals surface area contributed by atoms with E-state index in [1.54, 1.807) is 0 Å². The zero-order valence-electron chi connectivity index (χ0n) is 6.59. The van der Waals surface area contributed by atoms with Gasteiger partial charge >= 0.3 is 0 Å². The molecule has 1 rings (SSSR count). The van der Waals surface area contributed by atoms with Gasteiger partial charge in [-0.05, 0) is 17.5 Å². The van der Waals surface area contributed by atoms with Crippen molar-refractivity contribution in [3.63, 3.8) is 0 Å². The molecule has 0 aliphatic heterocycles. The smallest absolute Gasteiger partial charge is 0.0178 e. The van der Waals surface area contributed by atoms with Gasteiger partial charge in [-0.1, -0.05) is 30.3 Å². The van der Waals surface area contributed by atoms with Crippen LogP contribution in [0.5, 0.6) is 0 Å². The molecule has 1 nitrogen and oxygen atoms in total. The highest BCUT2D eigenvalue weighted by Gasteiger charge is 1.90. The summed E-state index contributed by atoms with van der Waals surface area (Å²) in [5, 5.41) is 0. The quantitative estimate of drug-likeness (QED) is 0.649. The zero-order chi connectivity index (χ0) is 8.10. The van der Waals surface area contributed by atoms with Gasteiger partial charge in [0, 0.05) is 6.54 Å². The fraction of sp³-hybridized carbons (Fsp3) is 0.200. The van der Waals surface area contributed by atoms with E-state index in [0.29, 0.717) is 6.54 Å². The summed E-state index contributed by atoms with van der Waals surface area (Å²) in [7, 11) is 0. The molecule has 0 spiro atoms. The van der Waals surface area contributed by atoms with E-state index < -0.39 is 0 Å². The van der Waals surface area contributed by atoms with Gasteiger partial charge in [0.25, 0.3) is 0 Å². The van der Waals surface area contributed by atoms with Crippen LogP contribution >= 0.6 is 0 Å². The molecule has 1 aromatic rings. The van der Waals surface area contributed by atoms with Gasteiger partial charge in [0.05, 0.1) is 0 Å². The van der Waals surface area contributed by atoms with Crippen LogP contribution in [0.25, 0.3) is 0 Å². The zero-order valence-corrected chi connectivity index (χ0v) is 6.59. The Kier molecular flexibility index (Phi) is 2.87. The van der Waals surface area contributed by atoms with Crippen LogP contribution in [0.1, 0.15) is 11.1 Å². The average Bonchev–Trinajstić information content (AvgIpc) is 2.06. The Balaban J connectivity index is 2.82.